The molecule has 16 heavy (non-hydrogen) atoms. The van der Waals surface area contributed by atoms with Crippen LogP contribution in [0.2, 0.25) is 10.2 Å². The lowest BCUT2D eigenvalue weighted by Crippen LogP contribution is -2.18. The van der Waals surface area contributed by atoms with E-state index in [9.17, 15) is 4.79 Å². The summed E-state index contributed by atoms with van der Waals surface area (Å²) in [4.78, 5) is 22.8. The summed E-state index contributed by atoms with van der Waals surface area (Å²) >= 11 is 11.5. The van der Waals surface area contributed by atoms with Gasteiger partial charge < -0.3 is 0 Å². The number of aromatic nitrogens is 4. The average Bonchev–Trinajstić information content (AvgIpc) is 2.78. The molecule has 0 saturated heterocycles. The first-order chi connectivity index (χ1) is 7.68. The van der Waals surface area contributed by atoms with Crippen molar-refractivity contribution in [3.8, 4) is 0 Å². The first-order valence-electron chi connectivity index (χ1n) is 4.14. The van der Waals surface area contributed by atoms with E-state index in [1.165, 1.54) is 29.6 Å². The number of carbonyl (C=O) groups is 1. The van der Waals surface area contributed by atoms with Crippen LogP contribution in [0.3, 0.4) is 0 Å². The van der Waals surface area contributed by atoms with E-state index in [4.69, 9.17) is 23.2 Å². The zero-order valence-electron chi connectivity index (χ0n) is 7.76. The van der Waals surface area contributed by atoms with Crippen LogP contribution in [0.5, 0.6) is 0 Å². The largest absolute Gasteiger partial charge is 0.332 e. The Morgan fingerprint density at radius 2 is 2.19 bits per heavy atom. The molecule has 0 saturated carbocycles. The van der Waals surface area contributed by atoms with Gasteiger partial charge in [-0.15, -0.1) is 0 Å². The fourth-order valence-electron chi connectivity index (χ4n) is 0.981. The van der Waals surface area contributed by atoms with Gasteiger partial charge in [-0.1, -0.05) is 23.2 Å². The summed E-state index contributed by atoms with van der Waals surface area (Å²) in [5.74, 6) is 0.153. The molecule has 0 aromatic carbocycles. The van der Waals surface area contributed by atoms with E-state index in [0.717, 1.165) is 0 Å². The summed E-state index contributed by atoms with van der Waals surface area (Å²) in [5, 5.41) is 2.65. The van der Waals surface area contributed by atoms with Gasteiger partial charge in [0, 0.05) is 12.4 Å². The van der Waals surface area contributed by atoms with Crippen molar-refractivity contribution in [3.05, 3.63) is 35.2 Å². The van der Waals surface area contributed by atoms with E-state index in [1.54, 1.807) is 0 Å². The van der Waals surface area contributed by atoms with Crippen LogP contribution in [-0.4, -0.2) is 25.6 Å². The van der Waals surface area contributed by atoms with Crippen molar-refractivity contribution in [1.82, 2.24) is 19.5 Å². The lowest BCUT2D eigenvalue weighted by molar-refractivity contribution is 0.253. The summed E-state index contributed by atoms with van der Waals surface area (Å²) in [5.41, 5.74) is 0. The van der Waals surface area contributed by atoms with E-state index >= 15 is 0 Å². The molecule has 8 heteroatoms. The highest BCUT2D eigenvalue weighted by molar-refractivity contribution is 6.42. The normalized spacial score (nSPS) is 10.1. The predicted octanol–water partition coefficient (Wildman–Crippen LogP) is 2.06. The third-order valence-electron chi connectivity index (χ3n) is 1.71. The Hall–Kier alpha value is -1.66. The molecule has 1 amide bonds. The molecule has 0 unspecified atom stereocenters. The fraction of sp³-hybridized carbons (Fsp3) is 0. The van der Waals surface area contributed by atoms with Crippen molar-refractivity contribution in [2.75, 3.05) is 5.32 Å². The molecule has 0 spiro atoms. The molecule has 2 rings (SSSR count). The monoisotopic (exact) mass is 257 g/mol. The van der Waals surface area contributed by atoms with Crippen LogP contribution in [0.1, 0.15) is 0 Å². The molecule has 0 atom stereocenters. The molecular formula is C8H5Cl2N5O. The molecule has 0 aliphatic rings. The SMILES string of the molecule is O=C(Nc1ncnc(Cl)c1Cl)n1ccnc1. The Morgan fingerprint density at radius 1 is 1.38 bits per heavy atom. The molecule has 2 aromatic rings. The van der Waals surface area contributed by atoms with Crippen molar-refractivity contribution >= 4 is 35.1 Å². The van der Waals surface area contributed by atoms with Gasteiger partial charge in [0.25, 0.3) is 0 Å². The number of carbonyl (C=O) groups excluding carboxylic acids is 1. The van der Waals surface area contributed by atoms with Crippen molar-refractivity contribution in [2.24, 2.45) is 0 Å². The van der Waals surface area contributed by atoms with E-state index in [-0.39, 0.29) is 16.0 Å². The predicted molar refractivity (Wildman–Crippen MR) is 58.7 cm³/mol. The van der Waals surface area contributed by atoms with Crippen LogP contribution < -0.4 is 5.32 Å². The summed E-state index contributed by atoms with van der Waals surface area (Å²) < 4.78 is 1.24. The van der Waals surface area contributed by atoms with Gasteiger partial charge in [0.2, 0.25) is 0 Å². The summed E-state index contributed by atoms with van der Waals surface area (Å²) in [6, 6.07) is -0.436. The molecule has 0 fully saturated rings. The number of halogens is 2. The highest BCUT2D eigenvalue weighted by Crippen LogP contribution is 2.25. The lowest BCUT2D eigenvalue weighted by Gasteiger charge is -2.05. The van der Waals surface area contributed by atoms with Crippen LogP contribution in [0.4, 0.5) is 10.6 Å². The van der Waals surface area contributed by atoms with E-state index in [1.807, 2.05) is 0 Å². The fourth-order valence-corrected chi connectivity index (χ4v) is 1.26. The van der Waals surface area contributed by atoms with Crippen LogP contribution >= 0.6 is 23.2 Å². The third-order valence-corrected chi connectivity index (χ3v) is 2.45. The molecule has 2 heterocycles. The Kier molecular flexibility index (Phi) is 3.02. The van der Waals surface area contributed by atoms with Gasteiger partial charge in [-0.25, -0.2) is 19.7 Å². The molecule has 82 valence electrons. The first kappa shape index (κ1) is 10.8. The standard InChI is InChI=1S/C8H5Cl2N5O/c9-5-6(10)12-3-13-7(5)14-8(16)15-2-1-11-4-15/h1-4H,(H,12,13,14,16). The highest BCUT2D eigenvalue weighted by atomic mass is 35.5. The van der Waals surface area contributed by atoms with Crippen molar-refractivity contribution in [2.45, 2.75) is 0 Å². The van der Waals surface area contributed by atoms with Crippen molar-refractivity contribution in [1.29, 1.82) is 0 Å². The Balaban J connectivity index is 2.22. The minimum Gasteiger partial charge on any atom is -0.290 e. The van der Waals surface area contributed by atoms with Gasteiger partial charge in [-0.3, -0.25) is 9.88 Å². The molecule has 0 bridgehead atoms. The number of anilines is 1. The third kappa shape index (κ3) is 2.12. The van der Waals surface area contributed by atoms with Gasteiger partial charge in [0.15, 0.2) is 11.0 Å². The van der Waals surface area contributed by atoms with Crippen LogP contribution in [0, 0.1) is 0 Å². The van der Waals surface area contributed by atoms with Crippen LogP contribution in [0.15, 0.2) is 25.0 Å². The maximum absolute atomic E-state index is 11.6. The molecule has 0 aliphatic heterocycles. The molecule has 6 nitrogen and oxygen atoms in total. The smallest absolute Gasteiger partial charge is 0.290 e. The minimum atomic E-state index is -0.436. The quantitative estimate of drug-likeness (QED) is 0.794. The summed E-state index contributed by atoms with van der Waals surface area (Å²) in [7, 11) is 0. The van der Waals surface area contributed by atoms with Crippen molar-refractivity contribution < 1.29 is 4.79 Å². The zero-order valence-corrected chi connectivity index (χ0v) is 9.27. The van der Waals surface area contributed by atoms with E-state index < -0.39 is 6.03 Å². The second kappa shape index (κ2) is 4.46. The lowest BCUT2D eigenvalue weighted by atomic mass is 10.5. The number of hydrogen-bond acceptors (Lipinski definition) is 4. The Labute approximate surface area is 100 Å². The van der Waals surface area contributed by atoms with Crippen molar-refractivity contribution in [3.63, 3.8) is 0 Å². The van der Waals surface area contributed by atoms with Gasteiger partial charge in [0.05, 0.1) is 0 Å². The molecule has 0 aliphatic carbocycles. The topological polar surface area (TPSA) is 72.7 Å². The number of rotatable bonds is 1. The molecular weight excluding hydrogens is 253 g/mol. The minimum absolute atomic E-state index is 0.0811. The van der Waals surface area contributed by atoms with Gasteiger partial charge in [0.1, 0.15) is 17.7 Å². The average molecular weight is 258 g/mol. The second-order valence-corrected chi connectivity index (χ2v) is 3.46. The molecule has 1 N–H and O–H groups in total. The van der Waals surface area contributed by atoms with Crippen LogP contribution in [-0.2, 0) is 0 Å². The summed E-state index contributed by atoms with van der Waals surface area (Å²) in [6.07, 6.45) is 5.53. The second-order valence-electron chi connectivity index (χ2n) is 2.73. The number of amides is 1. The maximum atomic E-state index is 11.6. The number of nitrogens with zero attached hydrogens (tertiary/aromatic N) is 4. The maximum Gasteiger partial charge on any atom is 0.332 e. The van der Waals surface area contributed by atoms with Crippen LogP contribution in [0.25, 0.3) is 0 Å². The highest BCUT2D eigenvalue weighted by Gasteiger charge is 2.11. The molecule has 2 aromatic heterocycles. The Morgan fingerprint density at radius 3 is 2.88 bits per heavy atom. The molecule has 0 radical (unpaired) electrons. The van der Waals surface area contributed by atoms with E-state index in [2.05, 4.69) is 20.3 Å². The number of imidazole rings is 1. The number of nitrogens with one attached hydrogen (secondary N) is 1. The van der Waals surface area contributed by atoms with E-state index in [0.29, 0.717) is 0 Å². The Bertz CT molecular complexity index is 513. The van der Waals surface area contributed by atoms with Gasteiger partial charge in [-0.05, 0) is 0 Å². The van der Waals surface area contributed by atoms with Gasteiger partial charge in [-0.2, -0.15) is 0 Å². The van der Waals surface area contributed by atoms with Gasteiger partial charge >= 0.3 is 6.03 Å². The summed E-state index contributed by atoms with van der Waals surface area (Å²) in [6.45, 7) is 0. The first-order valence-corrected chi connectivity index (χ1v) is 4.89. The zero-order chi connectivity index (χ0) is 11.5. The number of hydrogen-bond donors (Lipinski definition) is 1.